The van der Waals surface area contributed by atoms with Crippen LogP contribution in [-0.2, 0) is 11.8 Å². The standard InChI is InChI=1S/C15H19N5O2S/c1-19-8-10(7-17-19)14-18-12(9-23-14)15(22)20-5-3-2-4-11(20)6-13(16)21/h7-9,11H,2-6H2,1H3,(H2,16,21). The number of aryl methyl sites for hydroxylation is 1. The number of nitrogens with two attached hydrogens (primary N) is 1. The minimum Gasteiger partial charge on any atom is -0.370 e. The second kappa shape index (κ2) is 6.49. The van der Waals surface area contributed by atoms with Gasteiger partial charge >= 0.3 is 0 Å². The molecule has 1 aliphatic heterocycles. The Hall–Kier alpha value is -2.22. The van der Waals surface area contributed by atoms with Gasteiger partial charge in [-0.25, -0.2) is 4.98 Å². The average Bonchev–Trinajstić information content (AvgIpc) is 3.15. The molecule has 0 spiro atoms. The van der Waals surface area contributed by atoms with Crippen molar-refractivity contribution < 1.29 is 9.59 Å². The molecule has 122 valence electrons. The van der Waals surface area contributed by atoms with E-state index in [1.165, 1.54) is 11.3 Å². The van der Waals surface area contributed by atoms with Gasteiger partial charge in [0.2, 0.25) is 5.91 Å². The number of hydrogen-bond acceptors (Lipinski definition) is 5. The zero-order chi connectivity index (χ0) is 16.4. The Morgan fingerprint density at radius 1 is 1.43 bits per heavy atom. The van der Waals surface area contributed by atoms with Crippen molar-refractivity contribution in [2.45, 2.75) is 31.7 Å². The van der Waals surface area contributed by atoms with E-state index in [0.29, 0.717) is 12.2 Å². The summed E-state index contributed by atoms with van der Waals surface area (Å²) >= 11 is 1.42. The lowest BCUT2D eigenvalue weighted by Crippen LogP contribution is -2.45. The number of carbonyl (C=O) groups excluding carboxylic acids is 2. The zero-order valence-electron chi connectivity index (χ0n) is 12.9. The first kappa shape index (κ1) is 15.7. The molecule has 1 fully saturated rings. The molecule has 1 unspecified atom stereocenters. The number of amides is 2. The Kier molecular flexibility index (Phi) is 4.42. The summed E-state index contributed by atoms with van der Waals surface area (Å²) in [4.78, 5) is 30.2. The Morgan fingerprint density at radius 3 is 2.96 bits per heavy atom. The number of carbonyl (C=O) groups is 2. The number of likely N-dealkylation sites (tertiary alicyclic amines) is 1. The van der Waals surface area contributed by atoms with Gasteiger partial charge in [-0.3, -0.25) is 14.3 Å². The monoisotopic (exact) mass is 333 g/mol. The lowest BCUT2D eigenvalue weighted by atomic mass is 9.98. The lowest BCUT2D eigenvalue weighted by Gasteiger charge is -2.34. The van der Waals surface area contributed by atoms with Gasteiger partial charge in [-0.15, -0.1) is 11.3 Å². The van der Waals surface area contributed by atoms with Crippen LogP contribution in [0, 0.1) is 0 Å². The maximum absolute atomic E-state index is 12.7. The fourth-order valence-corrected chi connectivity index (χ4v) is 3.67. The first-order chi connectivity index (χ1) is 11.0. The third kappa shape index (κ3) is 3.42. The minimum atomic E-state index is -0.371. The van der Waals surface area contributed by atoms with Gasteiger partial charge in [-0.2, -0.15) is 5.10 Å². The van der Waals surface area contributed by atoms with Gasteiger partial charge in [0.15, 0.2) is 0 Å². The Labute approximate surface area is 138 Å². The van der Waals surface area contributed by atoms with Crippen LogP contribution in [0.3, 0.4) is 0 Å². The lowest BCUT2D eigenvalue weighted by molar-refractivity contribution is -0.119. The summed E-state index contributed by atoms with van der Waals surface area (Å²) in [6.07, 6.45) is 6.58. The first-order valence-electron chi connectivity index (χ1n) is 7.58. The van der Waals surface area contributed by atoms with E-state index in [1.807, 2.05) is 13.2 Å². The summed E-state index contributed by atoms with van der Waals surface area (Å²) < 4.78 is 1.70. The Balaban J connectivity index is 1.79. The molecule has 8 heteroatoms. The molecule has 23 heavy (non-hydrogen) atoms. The number of nitrogens with zero attached hydrogens (tertiary/aromatic N) is 4. The molecule has 2 amide bonds. The maximum atomic E-state index is 12.7. The van der Waals surface area contributed by atoms with E-state index in [-0.39, 0.29) is 24.3 Å². The number of hydrogen-bond donors (Lipinski definition) is 1. The molecule has 1 aliphatic rings. The minimum absolute atomic E-state index is 0.114. The molecule has 0 radical (unpaired) electrons. The number of primary amides is 1. The van der Waals surface area contributed by atoms with Crippen molar-refractivity contribution in [3.63, 3.8) is 0 Å². The molecule has 0 aromatic carbocycles. The highest BCUT2D eigenvalue weighted by Crippen LogP contribution is 2.26. The number of rotatable bonds is 4. The molecular weight excluding hydrogens is 314 g/mol. The molecule has 3 heterocycles. The average molecular weight is 333 g/mol. The predicted octanol–water partition coefficient (Wildman–Crippen LogP) is 1.41. The van der Waals surface area contributed by atoms with Crippen molar-refractivity contribution in [1.29, 1.82) is 0 Å². The van der Waals surface area contributed by atoms with Crippen LogP contribution >= 0.6 is 11.3 Å². The maximum Gasteiger partial charge on any atom is 0.273 e. The molecule has 0 aliphatic carbocycles. The van der Waals surface area contributed by atoms with Gasteiger partial charge in [0.25, 0.3) is 5.91 Å². The summed E-state index contributed by atoms with van der Waals surface area (Å²) in [7, 11) is 1.84. The fourth-order valence-electron chi connectivity index (χ4n) is 2.90. The SMILES string of the molecule is Cn1cc(-c2nc(C(=O)N3CCCCC3CC(N)=O)cs2)cn1. The van der Waals surface area contributed by atoms with E-state index in [1.54, 1.807) is 21.2 Å². The predicted molar refractivity (Wildman–Crippen MR) is 86.8 cm³/mol. The quantitative estimate of drug-likeness (QED) is 0.915. The zero-order valence-corrected chi connectivity index (χ0v) is 13.8. The largest absolute Gasteiger partial charge is 0.370 e. The summed E-state index contributed by atoms with van der Waals surface area (Å²) in [6, 6.07) is -0.114. The topological polar surface area (TPSA) is 94.1 Å². The van der Waals surface area contributed by atoms with Crippen LogP contribution in [0.2, 0.25) is 0 Å². The van der Waals surface area contributed by atoms with Crippen LogP contribution in [0.5, 0.6) is 0 Å². The molecule has 3 rings (SSSR count). The van der Waals surface area contributed by atoms with Gasteiger partial charge in [0.1, 0.15) is 10.7 Å². The summed E-state index contributed by atoms with van der Waals surface area (Å²) in [6.45, 7) is 0.649. The molecular formula is C15H19N5O2S. The van der Waals surface area contributed by atoms with Crippen molar-refractivity contribution in [1.82, 2.24) is 19.7 Å². The normalized spacial score (nSPS) is 18.1. The third-order valence-corrected chi connectivity index (χ3v) is 4.89. The summed E-state index contributed by atoms with van der Waals surface area (Å²) in [5.74, 6) is -0.494. The smallest absolute Gasteiger partial charge is 0.273 e. The molecule has 1 saturated heterocycles. The number of thiazole rings is 1. The van der Waals surface area contributed by atoms with Crippen molar-refractivity contribution in [2.24, 2.45) is 12.8 Å². The molecule has 7 nitrogen and oxygen atoms in total. The molecule has 2 N–H and O–H groups in total. The van der Waals surface area contributed by atoms with Gasteiger partial charge in [-0.05, 0) is 19.3 Å². The van der Waals surface area contributed by atoms with Crippen LogP contribution < -0.4 is 5.73 Å². The Morgan fingerprint density at radius 2 is 2.26 bits per heavy atom. The van der Waals surface area contributed by atoms with Crippen LogP contribution in [0.1, 0.15) is 36.2 Å². The summed E-state index contributed by atoms with van der Waals surface area (Å²) in [5.41, 5.74) is 6.62. The van der Waals surface area contributed by atoms with E-state index in [2.05, 4.69) is 10.1 Å². The second-order valence-corrected chi connectivity index (χ2v) is 6.62. The molecule has 1 atom stereocenters. The molecule has 0 saturated carbocycles. The second-order valence-electron chi connectivity index (χ2n) is 5.76. The van der Waals surface area contributed by atoms with E-state index >= 15 is 0 Å². The summed E-state index contributed by atoms with van der Waals surface area (Å²) in [5, 5.41) is 6.65. The van der Waals surface area contributed by atoms with Crippen LogP contribution in [0.4, 0.5) is 0 Å². The first-order valence-corrected chi connectivity index (χ1v) is 8.46. The van der Waals surface area contributed by atoms with Crippen LogP contribution in [0.25, 0.3) is 10.6 Å². The van der Waals surface area contributed by atoms with E-state index in [4.69, 9.17) is 5.73 Å². The number of piperidine rings is 1. The van der Waals surface area contributed by atoms with E-state index in [0.717, 1.165) is 29.8 Å². The fraction of sp³-hybridized carbons (Fsp3) is 0.467. The van der Waals surface area contributed by atoms with Gasteiger partial charge in [0.05, 0.1) is 6.20 Å². The van der Waals surface area contributed by atoms with Crippen molar-refractivity contribution in [2.75, 3.05) is 6.54 Å². The van der Waals surface area contributed by atoms with Gasteiger partial charge in [-0.1, -0.05) is 0 Å². The Bertz CT molecular complexity index is 723. The molecule has 2 aromatic rings. The number of aromatic nitrogens is 3. The van der Waals surface area contributed by atoms with E-state index < -0.39 is 0 Å². The van der Waals surface area contributed by atoms with E-state index in [9.17, 15) is 9.59 Å². The van der Waals surface area contributed by atoms with Gasteiger partial charge in [0, 0.05) is 43.2 Å². The highest BCUT2D eigenvalue weighted by molar-refractivity contribution is 7.13. The molecule has 2 aromatic heterocycles. The highest BCUT2D eigenvalue weighted by atomic mass is 32.1. The van der Waals surface area contributed by atoms with Crippen LogP contribution in [-0.4, -0.2) is 44.1 Å². The van der Waals surface area contributed by atoms with Gasteiger partial charge < -0.3 is 10.6 Å². The third-order valence-electron chi connectivity index (χ3n) is 4.00. The highest BCUT2D eigenvalue weighted by Gasteiger charge is 2.29. The van der Waals surface area contributed by atoms with Crippen molar-refractivity contribution in [3.8, 4) is 10.6 Å². The van der Waals surface area contributed by atoms with Crippen molar-refractivity contribution >= 4 is 23.2 Å². The van der Waals surface area contributed by atoms with Crippen LogP contribution in [0.15, 0.2) is 17.8 Å². The van der Waals surface area contributed by atoms with Crippen molar-refractivity contribution in [3.05, 3.63) is 23.5 Å². The molecule has 0 bridgehead atoms.